The highest BCUT2D eigenvalue weighted by Gasteiger charge is 2.27. The highest BCUT2D eigenvalue weighted by atomic mass is 16.5. The van der Waals surface area contributed by atoms with E-state index in [-0.39, 0.29) is 43.8 Å². The second-order valence-electron chi connectivity index (χ2n) is 12.5. The maximum atomic E-state index is 13.6. The number of nitrogens with one attached hydrogen (secondary N) is 2. The Bertz CT molecular complexity index is 1660. The fourth-order valence-corrected chi connectivity index (χ4v) is 5.75. The van der Waals surface area contributed by atoms with Crippen molar-refractivity contribution >= 4 is 17.8 Å². The summed E-state index contributed by atoms with van der Waals surface area (Å²) in [5.41, 5.74) is 3.77. The molecule has 4 rings (SSSR count). The van der Waals surface area contributed by atoms with E-state index in [0.717, 1.165) is 28.0 Å². The summed E-state index contributed by atoms with van der Waals surface area (Å²) in [6.45, 7) is 7.70. The van der Waals surface area contributed by atoms with Gasteiger partial charge in [-0.15, -0.1) is 13.2 Å². The minimum absolute atomic E-state index is 0.0767. The molecular formula is C43H48N2O6. The summed E-state index contributed by atoms with van der Waals surface area (Å²) in [5.74, 6) is -1.53. The van der Waals surface area contributed by atoms with Crippen LogP contribution in [0, 0.1) is 11.8 Å². The normalized spacial score (nSPS) is 13.1. The molecule has 4 aromatic carbocycles. The van der Waals surface area contributed by atoms with E-state index in [0.29, 0.717) is 25.9 Å². The summed E-state index contributed by atoms with van der Waals surface area (Å²) in [7, 11) is 0. The van der Waals surface area contributed by atoms with Gasteiger partial charge in [-0.1, -0.05) is 115 Å². The molecule has 0 unspecified atom stereocenters. The molecule has 0 aliphatic carbocycles. The molecule has 0 bridgehead atoms. The van der Waals surface area contributed by atoms with Crippen molar-refractivity contribution in [2.75, 3.05) is 13.2 Å². The minimum atomic E-state index is -0.726. The van der Waals surface area contributed by atoms with E-state index in [1.807, 2.05) is 115 Å². The van der Waals surface area contributed by atoms with Crippen LogP contribution in [0.3, 0.4) is 0 Å². The van der Waals surface area contributed by atoms with E-state index in [4.69, 9.17) is 9.47 Å². The molecule has 3 N–H and O–H groups in total. The maximum Gasteiger partial charge on any atom is 0.309 e. The van der Waals surface area contributed by atoms with Crippen molar-refractivity contribution in [3.63, 3.8) is 0 Å². The van der Waals surface area contributed by atoms with Gasteiger partial charge in [0.05, 0.1) is 30.5 Å². The zero-order chi connectivity index (χ0) is 36.3. The smallest absolute Gasteiger partial charge is 0.309 e. The Hall–Kier alpha value is -5.47. The van der Waals surface area contributed by atoms with Gasteiger partial charge in [0.25, 0.3) is 0 Å². The SMILES string of the molecule is C=CC[C@H](CC(=O)N[C@H](CO)Cc1ccc(OCc2ccccc2)cc1)C(=O)N[C@@H](COC(=O)[C@H](CC=C)Cc1ccccc1)c1ccccc1. The zero-order valence-corrected chi connectivity index (χ0v) is 29.0. The average Bonchev–Trinajstić information content (AvgIpc) is 3.16. The summed E-state index contributed by atoms with van der Waals surface area (Å²) in [5, 5.41) is 16.0. The number of hydrogen-bond acceptors (Lipinski definition) is 6. The average molecular weight is 689 g/mol. The number of esters is 1. The van der Waals surface area contributed by atoms with Crippen LogP contribution in [0.2, 0.25) is 0 Å². The third kappa shape index (κ3) is 13.1. The Labute approximate surface area is 301 Å². The van der Waals surface area contributed by atoms with Crippen LogP contribution in [0.5, 0.6) is 5.75 Å². The summed E-state index contributed by atoms with van der Waals surface area (Å²) >= 11 is 0. The van der Waals surface area contributed by atoms with Gasteiger partial charge >= 0.3 is 5.97 Å². The van der Waals surface area contributed by atoms with Crippen LogP contribution in [0.4, 0.5) is 0 Å². The van der Waals surface area contributed by atoms with Gasteiger partial charge in [0.2, 0.25) is 11.8 Å². The van der Waals surface area contributed by atoms with Crippen molar-refractivity contribution in [1.29, 1.82) is 0 Å². The number of carbonyl (C=O) groups excluding carboxylic acids is 3. The molecule has 0 saturated carbocycles. The summed E-state index contributed by atoms with van der Waals surface area (Å²) in [6.07, 6.45) is 4.81. The number of allylic oxidation sites excluding steroid dienone is 2. The lowest BCUT2D eigenvalue weighted by atomic mass is 9.96. The molecule has 0 fully saturated rings. The lowest BCUT2D eigenvalue weighted by molar-refractivity contribution is -0.150. The van der Waals surface area contributed by atoms with Crippen LogP contribution in [-0.2, 0) is 38.6 Å². The molecule has 4 aromatic rings. The Kier molecular flexibility index (Phi) is 15.7. The van der Waals surface area contributed by atoms with E-state index in [9.17, 15) is 19.5 Å². The molecule has 2 amide bonds. The molecule has 0 heterocycles. The quantitative estimate of drug-likeness (QED) is 0.0663. The van der Waals surface area contributed by atoms with Crippen LogP contribution >= 0.6 is 0 Å². The fraction of sp³-hybridized carbons (Fsp3) is 0.279. The molecule has 8 nitrogen and oxygen atoms in total. The number of benzene rings is 4. The maximum absolute atomic E-state index is 13.6. The molecule has 0 saturated heterocycles. The van der Waals surface area contributed by atoms with E-state index < -0.39 is 23.9 Å². The van der Waals surface area contributed by atoms with Crippen LogP contribution < -0.4 is 15.4 Å². The number of amides is 2. The zero-order valence-electron chi connectivity index (χ0n) is 29.0. The molecule has 0 aromatic heterocycles. The van der Waals surface area contributed by atoms with Crippen molar-refractivity contribution in [3.05, 3.63) is 163 Å². The number of ether oxygens (including phenoxy) is 2. The van der Waals surface area contributed by atoms with Crippen LogP contribution in [0.1, 0.15) is 47.6 Å². The third-order valence-electron chi connectivity index (χ3n) is 8.51. The summed E-state index contributed by atoms with van der Waals surface area (Å²) in [4.78, 5) is 40.1. The van der Waals surface area contributed by atoms with E-state index in [1.54, 1.807) is 12.2 Å². The fourth-order valence-electron chi connectivity index (χ4n) is 5.75. The van der Waals surface area contributed by atoms with Gasteiger partial charge in [0.1, 0.15) is 19.0 Å². The second kappa shape index (κ2) is 20.9. The van der Waals surface area contributed by atoms with Crippen LogP contribution in [0.25, 0.3) is 0 Å². The van der Waals surface area contributed by atoms with Crippen molar-refractivity contribution < 1.29 is 29.0 Å². The molecule has 266 valence electrons. The molecule has 0 spiro atoms. The lowest BCUT2D eigenvalue weighted by Crippen LogP contribution is -2.42. The first-order valence-electron chi connectivity index (χ1n) is 17.3. The summed E-state index contributed by atoms with van der Waals surface area (Å²) in [6, 6.07) is 35.2. The molecule has 0 aliphatic heterocycles. The predicted molar refractivity (Wildman–Crippen MR) is 200 cm³/mol. The van der Waals surface area contributed by atoms with Gasteiger partial charge < -0.3 is 25.2 Å². The van der Waals surface area contributed by atoms with Gasteiger partial charge in [-0.25, -0.2) is 0 Å². The van der Waals surface area contributed by atoms with Crippen molar-refractivity contribution in [2.45, 2.75) is 50.8 Å². The van der Waals surface area contributed by atoms with E-state index in [1.165, 1.54) is 0 Å². The predicted octanol–water partition coefficient (Wildman–Crippen LogP) is 6.70. The molecular weight excluding hydrogens is 640 g/mol. The number of hydrogen-bond donors (Lipinski definition) is 3. The molecule has 0 aliphatic rings. The molecule has 4 atom stereocenters. The number of rotatable bonds is 21. The van der Waals surface area contributed by atoms with E-state index >= 15 is 0 Å². The van der Waals surface area contributed by atoms with Crippen molar-refractivity contribution in [1.82, 2.24) is 10.6 Å². The van der Waals surface area contributed by atoms with Gasteiger partial charge in [-0.05, 0) is 60.1 Å². The number of aliphatic hydroxyl groups excluding tert-OH is 1. The largest absolute Gasteiger partial charge is 0.489 e. The van der Waals surface area contributed by atoms with Gasteiger partial charge in [0.15, 0.2) is 0 Å². The van der Waals surface area contributed by atoms with E-state index in [2.05, 4.69) is 23.8 Å². The van der Waals surface area contributed by atoms with Crippen molar-refractivity contribution in [3.8, 4) is 5.75 Å². The lowest BCUT2D eigenvalue weighted by Gasteiger charge is -2.24. The monoisotopic (exact) mass is 688 g/mol. The van der Waals surface area contributed by atoms with Gasteiger partial charge in [-0.3, -0.25) is 14.4 Å². The molecule has 8 heteroatoms. The topological polar surface area (TPSA) is 114 Å². The minimum Gasteiger partial charge on any atom is -0.489 e. The van der Waals surface area contributed by atoms with Crippen molar-refractivity contribution in [2.24, 2.45) is 11.8 Å². The Morgan fingerprint density at radius 3 is 1.86 bits per heavy atom. The standard InChI is InChI=1S/C43H48N2O6/c1-3-14-36(28-41(47)44-38(29-46)27-33-22-24-39(25-23-33)50-30-34-18-10-6-11-19-34)42(48)45-40(35-20-12-7-13-21-35)31-51-43(49)37(15-4-2)26-32-16-8-5-9-17-32/h3-13,16-25,36-38,40,46H,1-2,14-15,26-31H2,(H,44,47)(H,45,48)/t36-,37-,38+,40+/m1/s1. The molecule has 51 heavy (non-hydrogen) atoms. The van der Waals surface area contributed by atoms with Crippen LogP contribution in [-0.4, -0.2) is 42.1 Å². The van der Waals surface area contributed by atoms with Gasteiger partial charge in [-0.2, -0.15) is 0 Å². The number of carbonyl (C=O) groups is 3. The Morgan fingerprint density at radius 1 is 0.686 bits per heavy atom. The Morgan fingerprint density at radius 2 is 1.25 bits per heavy atom. The first-order chi connectivity index (χ1) is 24.9. The first kappa shape index (κ1) is 38.3. The number of aliphatic hydroxyl groups is 1. The highest BCUT2D eigenvalue weighted by molar-refractivity contribution is 5.86. The second-order valence-corrected chi connectivity index (χ2v) is 12.5. The van der Waals surface area contributed by atoms with Crippen LogP contribution in [0.15, 0.2) is 141 Å². The first-order valence-corrected chi connectivity index (χ1v) is 17.3. The summed E-state index contributed by atoms with van der Waals surface area (Å²) < 4.78 is 11.7. The molecule has 0 radical (unpaired) electrons. The Balaban J connectivity index is 1.33. The third-order valence-corrected chi connectivity index (χ3v) is 8.51. The highest BCUT2D eigenvalue weighted by Crippen LogP contribution is 2.21. The van der Waals surface area contributed by atoms with Gasteiger partial charge in [0, 0.05) is 6.42 Å².